The summed E-state index contributed by atoms with van der Waals surface area (Å²) in [6.07, 6.45) is -3.11. The summed E-state index contributed by atoms with van der Waals surface area (Å²) in [7, 11) is 0. The van der Waals surface area contributed by atoms with Crippen molar-refractivity contribution in [3.63, 3.8) is 0 Å². The van der Waals surface area contributed by atoms with Crippen LogP contribution < -0.4 is 5.73 Å². The molecule has 0 amide bonds. The first-order chi connectivity index (χ1) is 8.45. The maximum absolute atomic E-state index is 12.2. The van der Waals surface area contributed by atoms with Crippen molar-refractivity contribution < 1.29 is 17.7 Å². The minimum atomic E-state index is -4.56. The van der Waals surface area contributed by atoms with Gasteiger partial charge in [0.1, 0.15) is 0 Å². The summed E-state index contributed by atoms with van der Waals surface area (Å²) in [5.41, 5.74) is 6.27. The molecule has 0 saturated carbocycles. The third-order valence-corrected chi connectivity index (χ3v) is 2.84. The largest absolute Gasteiger partial charge is 0.455 e. The number of aryl methyl sites for hydroxylation is 2. The molecule has 18 heavy (non-hydrogen) atoms. The molecule has 2 aromatic heterocycles. The molecule has 0 aliphatic carbocycles. The van der Waals surface area contributed by atoms with Gasteiger partial charge >= 0.3 is 6.18 Å². The molecule has 5 nitrogen and oxygen atoms in total. The Morgan fingerprint density at radius 3 is 2.61 bits per heavy atom. The molecule has 2 N–H and O–H groups in total. The molecular weight excluding hydrogens is 269 g/mol. The Bertz CT molecular complexity index is 522. The third kappa shape index (κ3) is 3.19. The van der Waals surface area contributed by atoms with E-state index in [-0.39, 0.29) is 12.3 Å². The van der Waals surface area contributed by atoms with Crippen molar-refractivity contribution in [1.82, 2.24) is 15.1 Å². The maximum Gasteiger partial charge on any atom is 0.455 e. The molecular formula is C9H9F3N4OS. The summed E-state index contributed by atoms with van der Waals surface area (Å²) < 4.78 is 41.1. The highest BCUT2D eigenvalue weighted by Gasteiger charge is 2.37. The van der Waals surface area contributed by atoms with Crippen LogP contribution in [0.4, 0.5) is 18.3 Å². The Hall–Kier alpha value is -1.64. The van der Waals surface area contributed by atoms with Gasteiger partial charge in [-0.1, -0.05) is 5.16 Å². The first-order valence-electron chi connectivity index (χ1n) is 5.05. The summed E-state index contributed by atoms with van der Waals surface area (Å²) in [6.45, 7) is 0. The van der Waals surface area contributed by atoms with E-state index in [0.29, 0.717) is 18.0 Å². The SMILES string of the molecule is Nc1nc(CCCc2nc(C(F)(F)F)no2)cs1. The van der Waals surface area contributed by atoms with E-state index in [1.807, 2.05) is 5.38 Å². The van der Waals surface area contributed by atoms with Crippen molar-refractivity contribution in [2.45, 2.75) is 25.4 Å². The van der Waals surface area contributed by atoms with E-state index < -0.39 is 12.0 Å². The average molecular weight is 278 g/mol. The quantitative estimate of drug-likeness (QED) is 0.928. The Morgan fingerprint density at radius 2 is 2.06 bits per heavy atom. The minimum absolute atomic E-state index is 0.0227. The lowest BCUT2D eigenvalue weighted by molar-refractivity contribution is -0.146. The van der Waals surface area contributed by atoms with Gasteiger partial charge in [-0.25, -0.2) is 4.98 Å². The van der Waals surface area contributed by atoms with Gasteiger partial charge in [0.15, 0.2) is 5.13 Å². The first kappa shape index (κ1) is 12.8. The van der Waals surface area contributed by atoms with Crippen LogP contribution in [0.1, 0.15) is 23.8 Å². The second-order valence-corrected chi connectivity index (χ2v) is 4.43. The predicted molar refractivity (Wildman–Crippen MR) is 57.9 cm³/mol. The molecule has 9 heteroatoms. The number of alkyl halides is 3. The molecule has 0 unspecified atom stereocenters. The molecule has 0 fully saturated rings. The molecule has 0 saturated heterocycles. The zero-order chi connectivity index (χ0) is 13.2. The standard InChI is InChI=1S/C9H9F3N4OS/c10-9(11,12)7-15-6(17-16-7)3-1-2-5-4-18-8(13)14-5/h4H,1-3H2,(H2,13,14). The van der Waals surface area contributed by atoms with Gasteiger partial charge in [-0.2, -0.15) is 18.2 Å². The minimum Gasteiger partial charge on any atom is -0.375 e. The summed E-state index contributed by atoms with van der Waals surface area (Å²) in [5.74, 6) is -1.26. The molecule has 0 aliphatic rings. The third-order valence-electron chi connectivity index (χ3n) is 2.11. The monoisotopic (exact) mass is 278 g/mol. The number of rotatable bonds is 4. The number of hydrogen-bond donors (Lipinski definition) is 1. The van der Waals surface area contributed by atoms with Gasteiger partial charge < -0.3 is 10.3 Å². The fourth-order valence-electron chi connectivity index (χ4n) is 1.33. The molecule has 2 heterocycles. The van der Waals surface area contributed by atoms with Crippen LogP contribution in [0.3, 0.4) is 0 Å². The first-order valence-corrected chi connectivity index (χ1v) is 5.93. The van der Waals surface area contributed by atoms with Crippen LogP contribution in [-0.4, -0.2) is 15.1 Å². The van der Waals surface area contributed by atoms with Crippen LogP contribution in [0.15, 0.2) is 9.90 Å². The van der Waals surface area contributed by atoms with Crippen LogP contribution in [0.25, 0.3) is 0 Å². The predicted octanol–water partition coefficient (Wildman–Crippen LogP) is 2.30. The Kier molecular flexibility index (Phi) is 3.50. The highest BCUT2D eigenvalue weighted by atomic mass is 32.1. The highest BCUT2D eigenvalue weighted by Crippen LogP contribution is 2.26. The van der Waals surface area contributed by atoms with Crippen molar-refractivity contribution in [3.8, 4) is 0 Å². The normalized spacial score (nSPS) is 11.9. The van der Waals surface area contributed by atoms with Crippen LogP contribution in [0.5, 0.6) is 0 Å². The summed E-state index contributed by atoms with van der Waals surface area (Å²) in [6, 6.07) is 0. The number of thiazole rings is 1. The number of hydrogen-bond acceptors (Lipinski definition) is 6. The molecule has 0 atom stereocenters. The smallest absolute Gasteiger partial charge is 0.375 e. The summed E-state index contributed by atoms with van der Waals surface area (Å²) in [5, 5.41) is 5.16. The molecule has 0 bridgehead atoms. The summed E-state index contributed by atoms with van der Waals surface area (Å²) >= 11 is 1.32. The number of nitrogens with two attached hydrogens (primary N) is 1. The zero-order valence-corrected chi connectivity index (χ0v) is 9.88. The topological polar surface area (TPSA) is 77.8 Å². The lowest BCUT2D eigenvalue weighted by Crippen LogP contribution is -2.07. The Balaban J connectivity index is 1.85. The van der Waals surface area contributed by atoms with Gasteiger partial charge in [0.25, 0.3) is 5.82 Å². The van der Waals surface area contributed by atoms with Crippen LogP contribution >= 0.6 is 11.3 Å². The van der Waals surface area contributed by atoms with E-state index >= 15 is 0 Å². The molecule has 2 rings (SSSR count). The maximum atomic E-state index is 12.2. The molecule has 0 aliphatic heterocycles. The second kappa shape index (κ2) is 4.92. The lowest BCUT2D eigenvalue weighted by atomic mass is 10.2. The van der Waals surface area contributed by atoms with Crippen LogP contribution in [-0.2, 0) is 19.0 Å². The van der Waals surface area contributed by atoms with Gasteiger partial charge in [0.05, 0.1) is 5.69 Å². The van der Waals surface area contributed by atoms with Gasteiger partial charge in [-0.05, 0) is 12.8 Å². The van der Waals surface area contributed by atoms with Crippen molar-refractivity contribution in [1.29, 1.82) is 0 Å². The molecule has 98 valence electrons. The zero-order valence-electron chi connectivity index (χ0n) is 9.07. The van der Waals surface area contributed by atoms with Gasteiger partial charge in [-0.15, -0.1) is 11.3 Å². The number of anilines is 1. The number of aromatic nitrogens is 3. The highest BCUT2D eigenvalue weighted by molar-refractivity contribution is 7.13. The van der Waals surface area contributed by atoms with Crippen molar-refractivity contribution >= 4 is 16.5 Å². The van der Waals surface area contributed by atoms with E-state index in [4.69, 9.17) is 5.73 Å². The van der Waals surface area contributed by atoms with E-state index in [1.165, 1.54) is 11.3 Å². The van der Waals surface area contributed by atoms with Crippen LogP contribution in [0.2, 0.25) is 0 Å². The molecule has 0 radical (unpaired) electrons. The van der Waals surface area contributed by atoms with Crippen molar-refractivity contribution in [3.05, 3.63) is 22.8 Å². The summed E-state index contributed by atoms with van der Waals surface area (Å²) in [4.78, 5) is 7.31. The van der Waals surface area contributed by atoms with Crippen molar-refractivity contribution in [2.75, 3.05) is 5.73 Å². The number of nitrogen functional groups attached to an aromatic ring is 1. The lowest BCUT2D eigenvalue weighted by Gasteiger charge is -1.96. The fraction of sp³-hybridized carbons (Fsp3) is 0.444. The number of nitrogens with zero attached hydrogens (tertiary/aromatic N) is 3. The van der Waals surface area contributed by atoms with E-state index in [9.17, 15) is 13.2 Å². The van der Waals surface area contributed by atoms with E-state index in [2.05, 4.69) is 19.6 Å². The van der Waals surface area contributed by atoms with Gasteiger partial charge in [0, 0.05) is 11.8 Å². The molecule has 2 aromatic rings. The number of halogens is 3. The van der Waals surface area contributed by atoms with Gasteiger partial charge in [-0.3, -0.25) is 0 Å². The Morgan fingerprint density at radius 1 is 1.28 bits per heavy atom. The molecule has 0 spiro atoms. The second-order valence-electron chi connectivity index (χ2n) is 3.54. The van der Waals surface area contributed by atoms with Crippen molar-refractivity contribution in [2.24, 2.45) is 0 Å². The average Bonchev–Trinajstić information content (AvgIpc) is 2.87. The Labute approximate surface area is 104 Å². The van der Waals surface area contributed by atoms with Crippen LogP contribution in [0, 0.1) is 0 Å². The fourth-order valence-corrected chi connectivity index (χ4v) is 1.93. The van der Waals surface area contributed by atoms with E-state index in [1.54, 1.807) is 0 Å². The van der Waals surface area contributed by atoms with E-state index in [0.717, 1.165) is 5.69 Å². The molecule has 0 aromatic carbocycles. The van der Waals surface area contributed by atoms with Gasteiger partial charge in [0.2, 0.25) is 5.89 Å².